The molecule has 0 heterocycles. The molecule has 1 fully saturated rings. The molecule has 0 amide bonds. The zero-order valence-corrected chi connectivity index (χ0v) is 11.3. The highest BCUT2D eigenvalue weighted by atomic mass is 14.6. The van der Waals surface area contributed by atoms with E-state index < -0.39 is 0 Å². The molecule has 0 saturated heterocycles. The lowest BCUT2D eigenvalue weighted by Gasteiger charge is -2.27. The summed E-state index contributed by atoms with van der Waals surface area (Å²) in [5.41, 5.74) is 10.1. The smallest absolute Gasteiger partial charge is 0.00446 e. The predicted octanol–water partition coefficient (Wildman–Crippen LogP) is 4.34. The number of benzene rings is 2. The number of rotatable bonds is 2. The maximum Gasteiger partial charge on any atom is 0.00446 e. The summed E-state index contributed by atoms with van der Waals surface area (Å²) in [5, 5.41) is 0. The molecular formula is C18H21N. The molecule has 1 aliphatic carbocycles. The summed E-state index contributed by atoms with van der Waals surface area (Å²) in [6.07, 6.45) is 4.90. The van der Waals surface area contributed by atoms with Crippen molar-refractivity contribution < 1.29 is 0 Å². The summed E-state index contributed by atoms with van der Waals surface area (Å²) in [5.74, 6) is 0.661. The van der Waals surface area contributed by atoms with Gasteiger partial charge >= 0.3 is 0 Å². The predicted molar refractivity (Wildman–Crippen MR) is 81.1 cm³/mol. The third-order valence-corrected chi connectivity index (χ3v) is 4.20. The first-order valence-corrected chi connectivity index (χ1v) is 7.24. The fourth-order valence-corrected chi connectivity index (χ4v) is 3.11. The molecule has 0 radical (unpaired) electrons. The first-order chi connectivity index (χ1) is 9.33. The Bertz CT molecular complexity index is 515. The highest BCUT2D eigenvalue weighted by Crippen LogP contribution is 2.33. The second-order valence-corrected chi connectivity index (χ2v) is 5.61. The minimum Gasteiger partial charge on any atom is -0.328 e. The molecule has 2 N–H and O–H groups in total. The summed E-state index contributed by atoms with van der Waals surface area (Å²) >= 11 is 0. The summed E-state index contributed by atoms with van der Waals surface area (Å²) < 4.78 is 0. The molecule has 1 nitrogen and oxygen atoms in total. The van der Waals surface area contributed by atoms with E-state index in [1.807, 2.05) is 0 Å². The van der Waals surface area contributed by atoms with E-state index in [4.69, 9.17) is 5.73 Å². The summed E-state index contributed by atoms with van der Waals surface area (Å²) in [6.45, 7) is 0. The van der Waals surface area contributed by atoms with Crippen molar-refractivity contribution in [3.05, 3.63) is 60.2 Å². The van der Waals surface area contributed by atoms with Gasteiger partial charge in [-0.15, -0.1) is 0 Å². The van der Waals surface area contributed by atoms with Crippen molar-refractivity contribution in [3.63, 3.8) is 0 Å². The first kappa shape index (κ1) is 12.4. The fourth-order valence-electron chi connectivity index (χ4n) is 3.11. The summed E-state index contributed by atoms with van der Waals surface area (Å²) in [4.78, 5) is 0. The molecule has 0 aliphatic heterocycles. The van der Waals surface area contributed by atoms with Crippen LogP contribution in [0.3, 0.4) is 0 Å². The highest BCUT2D eigenvalue weighted by molar-refractivity contribution is 5.63. The van der Waals surface area contributed by atoms with Crippen LogP contribution in [-0.2, 0) is 0 Å². The molecule has 0 aromatic heterocycles. The van der Waals surface area contributed by atoms with E-state index >= 15 is 0 Å². The fraction of sp³-hybridized carbons (Fsp3) is 0.333. The minimum atomic E-state index is 0.396. The Morgan fingerprint density at radius 1 is 0.789 bits per heavy atom. The lowest BCUT2D eigenvalue weighted by molar-refractivity contribution is 0.393. The lowest BCUT2D eigenvalue weighted by atomic mass is 9.81. The van der Waals surface area contributed by atoms with Crippen LogP contribution in [0.2, 0.25) is 0 Å². The van der Waals surface area contributed by atoms with Gasteiger partial charge < -0.3 is 5.73 Å². The van der Waals surface area contributed by atoms with E-state index in [2.05, 4.69) is 54.6 Å². The Balaban J connectivity index is 1.79. The Morgan fingerprint density at radius 3 is 2.16 bits per heavy atom. The Morgan fingerprint density at radius 2 is 1.47 bits per heavy atom. The van der Waals surface area contributed by atoms with Gasteiger partial charge in [0.1, 0.15) is 0 Å². The van der Waals surface area contributed by atoms with Gasteiger partial charge in [0.25, 0.3) is 0 Å². The van der Waals surface area contributed by atoms with Crippen molar-refractivity contribution in [2.45, 2.75) is 37.6 Å². The maximum absolute atomic E-state index is 6.08. The van der Waals surface area contributed by atoms with Crippen molar-refractivity contribution >= 4 is 0 Å². The molecule has 19 heavy (non-hydrogen) atoms. The van der Waals surface area contributed by atoms with Crippen molar-refractivity contribution in [1.82, 2.24) is 0 Å². The molecule has 0 spiro atoms. The lowest BCUT2D eigenvalue weighted by Crippen LogP contribution is -2.26. The van der Waals surface area contributed by atoms with E-state index in [-0.39, 0.29) is 0 Å². The van der Waals surface area contributed by atoms with Gasteiger partial charge in [-0.3, -0.25) is 0 Å². The van der Waals surface area contributed by atoms with Gasteiger partial charge in [-0.25, -0.2) is 0 Å². The van der Waals surface area contributed by atoms with Crippen LogP contribution in [0, 0.1) is 0 Å². The Kier molecular flexibility index (Phi) is 3.65. The second kappa shape index (κ2) is 5.58. The van der Waals surface area contributed by atoms with Crippen molar-refractivity contribution in [1.29, 1.82) is 0 Å². The Hall–Kier alpha value is -1.60. The van der Waals surface area contributed by atoms with Gasteiger partial charge in [-0.05, 0) is 41.9 Å². The van der Waals surface area contributed by atoms with Crippen LogP contribution < -0.4 is 5.73 Å². The van der Waals surface area contributed by atoms with Gasteiger partial charge in [0.05, 0.1) is 0 Å². The summed E-state index contributed by atoms with van der Waals surface area (Å²) in [7, 11) is 0. The first-order valence-electron chi connectivity index (χ1n) is 7.24. The van der Waals surface area contributed by atoms with Crippen LogP contribution in [0.1, 0.15) is 37.2 Å². The molecule has 1 saturated carbocycles. The van der Waals surface area contributed by atoms with Gasteiger partial charge in [0.2, 0.25) is 0 Å². The van der Waals surface area contributed by atoms with Gasteiger partial charge in [-0.2, -0.15) is 0 Å². The number of hydrogen-bond donors (Lipinski definition) is 1. The van der Waals surface area contributed by atoms with Gasteiger partial charge in [-0.1, -0.05) is 61.0 Å². The third kappa shape index (κ3) is 2.87. The highest BCUT2D eigenvalue weighted by Gasteiger charge is 2.20. The third-order valence-electron chi connectivity index (χ3n) is 4.20. The number of hydrogen-bond acceptors (Lipinski definition) is 1. The monoisotopic (exact) mass is 251 g/mol. The van der Waals surface area contributed by atoms with Crippen LogP contribution in [0.5, 0.6) is 0 Å². The van der Waals surface area contributed by atoms with Crippen LogP contribution >= 0.6 is 0 Å². The Labute approximate surface area is 115 Å². The number of nitrogens with two attached hydrogens (primary N) is 1. The molecule has 1 heteroatoms. The molecule has 98 valence electrons. The van der Waals surface area contributed by atoms with E-state index in [9.17, 15) is 0 Å². The molecule has 2 atom stereocenters. The molecule has 2 unspecified atom stereocenters. The molecule has 3 rings (SSSR count). The average Bonchev–Trinajstić information content (AvgIpc) is 2.48. The van der Waals surface area contributed by atoms with Crippen LogP contribution in [0.4, 0.5) is 0 Å². The van der Waals surface area contributed by atoms with Crippen LogP contribution in [-0.4, -0.2) is 6.04 Å². The van der Waals surface area contributed by atoms with Gasteiger partial charge in [0, 0.05) is 6.04 Å². The molecule has 2 aromatic carbocycles. The maximum atomic E-state index is 6.08. The zero-order chi connectivity index (χ0) is 13.1. The van der Waals surface area contributed by atoms with E-state index in [0.29, 0.717) is 12.0 Å². The average molecular weight is 251 g/mol. The van der Waals surface area contributed by atoms with Crippen molar-refractivity contribution in [2.24, 2.45) is 5.73 Å². The SMILES string of the molecule is NC1CCCC(c2ccc(-c3ccccc3)cc2)C1. The molecule has 1 aliphatic rings. The topological polar surface area (TPSA) is 26.0 Å². The van der Waals surface area contributed by atoms with E-state index in [1.165, 1.54) is 36.0 Å². The standard InChI is InChI=1S/C18H21N/c19-18-8-4-7-17(13-18)16-11-9-15(10-12-16)14-5-2-1-3-6-14/h1-3,5-6,9-12,17-18H,4,7-8,13,19H2. The van der Waals surface area contributed by atoms with Gasteiger partial charge in [0.15, 0.2) is 0 Å². The van der Waals surface area contributed by atoms with Crippen molar-refractivity contribution in [2.75, 3.05) is 0 Å². The quantitative estimate of drug-likeness (QED) is 0.844. The molecule has 2 aromatic rings. The largest absolute Gasteiger partial charge is 0.328 e. The van der Waals surface area contributed by atoms with E-state index in [0.717, 1.165) is 6.42 Å². The van der Waals surface area contributed by atoms with Crippen LogP contribution in [0.15, 0.2) is 54.6 Å². The van der Waals surface area contributed by atoms with E-state index in [1.54, 1.807) is 0 Å². The summed E-state index contributed by atoms with van der Waals surface area (Å²) in [6, 6.07) is 20.0. The van der Waals surface area contributed by atoms with Crippen LogP contribution in [0.25, 0.3) is 11.1 Å². The normalized spacial score (nSPS) is 23.2. The zero-order valence-electron chi connectivity index (χ0n) is 11.3. The minimum absolute atomic E-state index is 0.396. The second-order valence-electron chi connectivity index (χ2n) is 5.61. The van der Waals surface area contributed by atoms with Crippen molar-refractivity contribution in [3.8, 4) is 11.1 Å². The molecular weight excluding hydrogens is 230 g/mol. The molecule has 0 bridgehead atoms.